The minimum Gasteiger partial charge on any atom is -0.390 e. The van der Waals surface area contributed by atoms with Crippen LogP contribution in [0.2, 0.25) is 0 Å². The maximum absolute atomic E-state index is 10.0. The van der Waals surface area contributed by atoms with Crippen LogP contribution in [0.1, 0.15) is 40.0 Å². The molecule has 0 aliphatic carbocycles. The quantitative estimate of drug-likeness (QED) is 0.433. The molecule has 0 spiro atoms. The van der Waals surface area contributed by atoms with Gasteiger partial charge in [0.2, 0.25) is 0 Å². The van der Waals surface area contributed by atoms with Gasteiger partial charge in [0, 0.05) is 25.7 Å². The molecule has 1 aliphatic rings. The summed E-state index contributed by atoms with van der Waals surface area (Å²) in [6.45, 7) is 10.8. The number of hydrogen-bond acceptors (Lipinski definition) is 4. The summed E-state index contributed by atoms with van der Waals surface area (Å²) in [5.41, 5.74) is 5.88. The number of ether oxygens (including phenoxy) is 1. The van der Waals surface area contributed by atoms with E-state index in [0.717, 1.165) is 38.6 Å². The van der Waals surface area contributed by atoms with Crippen molar-refractivity contribution in [3.05, 3.63) is 0 Å². The zero-order chi connectivity index (χ0) is 16.4. The first-order chi connectivity index (χ1) is 10.5. The van der Waals surface area contributed by atoms with Crippen LogP contribution in [0.25, 0.3) is 0 Å². The van der Waals surface area contributed by atoms with E-state index in [-0.39, 0.29) is 0 Å². The van der Waals surface area contributed by atoms with E-state index in [1.54, 1.807) is 0 Å². The molecular formula is C16H34N4O2. The van der Waals surface area contributed by atoms with Gasteiger partial charge in [0.25, 0.3) is 0 Å². The molecule has 0 bridgehead atoms. The van der Waals surface area contributed by atoms with Gasteiger partial charge in [-0.3, -0.25) is 9.89 Å². The van der Waals surface area contributed by atoms with Crippen molar-refractivity contribution in [2.75, 3.05) is 39.4 Å². The largest absolute Gasteiger partial charge is 0.390 e. The molecule has 0 saturated carbocycles. The molecule has 0 aromatic carbocycles. The number of β-amino-alcohol motifs (C(OH)–C–C–N with tert-alkyl or cyclic N) is 1. The highest BCUT2D eigenvalue weighted by atomic mass is 16.5. The van der Waals surface area contributed by atoms with Crippen LogP contribution in [0.4, 0.5) is 0 Å². The number of morpholine rings is 1. The molecule has 2 unspecified atom stereocenters. The lowest BCUT2D eigenvalue weighted by molar-refractivity contribution is 0.0165. The highest BCUT2D eigenvalue weighted by Crippen LogP contribution is 2.08. The van der Waals surface area contributed by atoms with E-state index >= 15 is 0 Å². The molecule has 0 aromatic heterocycles. The minimum absolute atomic E-state index is 0.318. The predicted octanol–water partition coefficient (Wildman–Crippen LogP) is 0.799. The number of hydrogen-bond donors (Lipinski definition) is 3. The topological polar surface area (TPSA) is 83.1 Å². The number of aliphatic hydroxyl groups is 1. The van der Waals surface area contributed by atoms with Gasteiger partial charge in [-0.15, -0.1) is 0 Å². The van der Waals surface area contributed by atoms with Crippen LogP contribution >= 0.6 is 0 Å². The smallest absolute Gasteiger partial charge is 0.188 e. The third-order valence-corrected chi connectivity index (χ3v) is 3.86. The van der Waals surface area contributed by atoms with Gasteiger partial charge in [-0.25, -0.2) is 0 Å². The minimum atomic E-state index is -0.477. The van der Waals surface area contributed by atoms with Crippen LogP contribution in [0.5, 0.6) is 0 Å². The summed E-state index contributed by atoms with van der Waals surface area (Å²) in [6.07, 6.45) is 3.04. The Morgan fingerprint density at radius 1 is 1.27 bits per heavy atom. The van der Waals surface area contributed by atoms with Crippen molar-refractivity contribution >= 4 is 5.96 Å². The van der Waals surface area contributed by atoms with E-state index in [0.29, 0.717) is 25.1 Å². The second kappa shape index (κ2) is 10.8. The molecule has 1 rings (SSSR count). The second-order valence-electron chi connectivity index (χ2n) is 6.66. The van der Waals surface area contributed by atoms with Crippen molar-refractivity contribution in [1.82, 2.24) is 10.2 Å². The van der Waals surface area contributed by atoms with Gasteiger partial charge in [0.05, 0.1) is 25.9 Å². The van der Waals surface area contributed by atoms with E-state index in [4.69, 9.17) is 10.5 Å². The lowest BCUT2D eigenvalue weighted by Gasteiger charge is -2.28. The van der Waals surface area contributed by atoms with Crippen molar-refractivity contribution in [2.45, 2.75) is 52.2 Å². The molecule has 1 saturated heterocycles. The third-order valence-electron chi connectivity index (χ3n) is 3.86. The molecule has 4 N–H and O–H groups in total. The first-order valence-corrected chi connectivity index (χ1v) is 8.52. The van der Waals surface area contributed by atoms with Crippen molar-refractivity contribution in [1.29, 1.82) is 0 Å². The standard InChI is InChI=1S/C16H34N4O2/c1-13(2)5-4-6-14(3)19-16(17)18-11-15(21)12-20-7-9-22-10-8-20/h13-15,21H,4-12H2,1-3H3,(H3,17,18,19). The Hall–Kier alpha value is -0.850. The van der Waals surface area contributed by atoms with Crippen LogP contribution in [-0.2, 0) is 4.74 Å². The van der Waals surface area contributed by atoms with Crippen LogP contribution in [0.15, 0.2) is 4.99 Å². The fraction of sp³-hybridized carbons (Fsp3) is 0.938. The van der Waals surface area contributed by atoms with Gasteiger partial charge < -0.3 is 20.9 Å². The summed E-state index contributed by atoms with van der Waals surface area (Å²) in [5.74, 6) is 1.17. The molecule has 22 heavy (non-hydrogen) atoms. The van der Waals surface area contributed by atoms with Crippen LogP contribution in [0.3, 0.4) is 0 Å². The molecule has 0 amide bonds. The van der Waals surface area contributed by atoms with Crippen LogP contribution in [-0.4, -0.2) is 67.5 Å². The molecule has 0 radical (unpaired) electrons. The van der Waals surface area contributed by atoms with E-state index in [1.807, 2.05) is 0 Å². The monoisotopic (exact) mass is 314 g/mol. The molecule has 6 nitrogen and oxygen atoms in total. The van der Waals surface area contributed by atoms with Crippen molar-refractivity contribution < 1.29 is 9.84 Å². The molecule has 2 atom stereocenters. The maximum Gasteiger partial charge on any atom is 0.188 e. The molecule has 1 fully saturated rings. The van der Waals surface area contributed by atoms with Gasteiger partial charge >= 0.3 is 0 Å². The average molecular weight is 314 g/mol. The van der Waals surface area contributed by atoms with E-state index in [1.165, 1.54) is 12.8 Å². The number of aliphatic hydroxyl groups excluding tert-OH is 1. The summed E-state index contributed by atoms with van der Waals surface area (Å²) in [4.78, 5) is 6.44. The molecule has 130 valence electrons. The van der Waals surface area contributed by atoms with Crippen molar-refractivity contribution in [3.63, 3.8) is 0 Å². The average Bonchev–Trinajstić information content (AvgIpc) is 2.46. The molecule has 6 heteroatoms. The number of guanidine groups is 1. The van der Waals surface area contributed by atoms with Gasteiger partial charge in [0.15, 0.2) is 5.96 Å². The van der Waals surface area contributed by atoms with Crippen molar-refractivity contribution in [2.24, 2.45) is 16.6 Å². The fourth-order valence-electron chi connectivity index (χ4n) is 2.55. The molecule has 1 aliphatic heterocycles. The number of rotatable bonds is 9. The first-order valence-electron chi connectivity index (χ1n) is 8.52. The Bertz CT molecular complexity index is 317. The van der Waals surface area contributed by atoms with E-state index in [9.17, 15) is 5.11 Å². The third kappa shape index (κ3) is 9.23. The van der Waals surface area contributed by atoms with E-state index < -0.39 is 6.10 Å². The first kappa shape index (κ1) is 19.2. The zero-order valence-corrected chi connectivity index (χ0v) is 14.4. The van der Waals surface area contributed by atoms with Crippen LogP contribution in [0, 0.1) is 5.92 Å². The van der Waals surface area contributed by atoms with Crippen LogP contribution < -0.4 is 11.1 Å². The highest BCUT2D eigenvalue weighted by molar-refractivity contribution is 5.78. The lowest BCUT2D eigenvalue weighted by atomic mass is 10.0. The Morgan fingerprint density at radius 2 is 1.95 bits per heavy atom. The summed E-state index contributed by atoms with van der Waals surface area (Å²) in [5, 5.41) is 13.2. The number of nitrogens with one attached hydrogen (secondary N) is 1. The van der Waals surface area contributed by atoms with Gasteiger partial charge in [0.1, 0.15) is 0 Å². The Kier molecular flexibility index (Phi) is 9.43. The summed E-state index contributed by atoms with van der Waals surface area (Å²) in [6, 6.07) is 0.318. The number of nitrogens with two attached hydrogens (primary N) is 1. The summed E-state index contributed by atoms with van der Waals surface area (Å²) >= 11 is 0. The molecule has 1 heterocycles. The summed E-state index contributed by atoms with van der Waals surface area (Å²) < 4.78 is 5.29. The molecular weight excluding hydrogens is 280 g/mol. The van der Waals surface area contributed by atoms with Crippen molar-refractivity contribution in [3.8, 4) is 0 Å². The predicted molar refractivity (Wildman–Crippen MR) is 91.0 cm³/mol. The number of nitrogens with zero attached hydrogens (tertiary/aromatic N) is 2. The second-order valence-corrected chi connectivity index (χ2v) is 6.66. The zero-order valence-electron chi connectivity index (χ0n) is 14.4. The normalized spacial score (nSPS) is 20.1. The number of aliphatic imine (C=N–C) groups is 1. The lowest BCUT2D eigenvalue weighted by Crippen LogP contribution is -2.42. The van der Waals surface area contributed by atoms with Gasteiger partial charge in [-0.2, -0.15) is 0 Å². The fourth-order valence-corrected chi connectivity index (χ4v) is 2.55. The molecule has 0 aromatic rings. The van der Waals surface area contributed by atoms with Gasteiger partial charge in [-0.1, -0.05) is 26.7 Å². The highest BCUT2D eigenvalue weighted by Gasteiger charge is 2.14. The Balaban J connectivity index is 2.17. The Morgan fingerprint density at radius 3 is 2.59 bits per heavy atom. The summed E-state index contributed by atoms with van der Waals surface area (Å²) in [7, 11) is 0. The Labute approximate surface area is 135 Å². The van der Waals surface area contributed by atoms with E-state index in [2.05, 4.69) is 36.0 Å². The maximum atomic E-state index is 10.0. The SMILES string of the molecule is CC(C)CCCC(C)NC(N)=NCC(O)CN1CCOCC1. The van der Waals surface area contributed by atoms with Gasteiger partial charge in [-0.05, 0) is 19.3 Å².